The van der Waals surface area contributed by atoms with E-state index < -0.39 is 10.0 Å². The highest BCUT2D eigenvalue weighted by molar-refractivity contribution is 7.89. The van der Waals surface area contributed by atoms with Gasteiger partial charge in [-0.3, -0.25) is 0 Å². The Balaban J connectivity index is 1.79. The fraction of sp³-hybridized carbons (Fsp3) is 0.125. The van der Waals surface area contributed by atoms with Gasteiger partial charge in [-0.1, -0.05) is 18.2 Å². The van der Waals surface area contributed by atoms with Crippen molar-refractivity contribution in [2.75, 3.05) is 7.11 Å². The predicted octanol–water partition coefficient (Wildman–Crippen LogP) is 2.66. The quantitative estimate of drug-likeness (QED) is 0.760. The van der Waals surface area contributed by atoms with Crippen molar-refractivity contribution in [2.45, 2.75) is 11.4 Å². The van der Waals surface area contributed by atoms with Gasteiger partial charge < -0.3 is 9.72 Å². The van der Waals surface area contributed by atoms with Crippen molar-refractivity contribution < 1.29 is 13.2 Å². The minimum Gasteiger partial charge on any atom is -0.497 e. The first-order chi connectivity index (χ1) is 10.6. The summed E-state index contributed by atoms with van der Waals surface area (Å²) in [6.45, 7) is 0.234. The van der Waals surface area contributed by atoms with Gasteiger partial charge in [0.2, 0.25) is 10.0 Å². The zero-order valence-corrected chi connectivity index (χ0v) is 12.9. The normalized spacial score (nSPS) is 11.7. The third-order valence-corrected chi connectivity index (χ3v) is 4.91. The van der Waals surface area contributed by atoms with Crippen molar-refractivity contribution in [3.63, 3.8) is 0 Å². The average molecular weight is 316 g/mol. The Morgan fingerprint density at radius 1 is 1.09 bits per heavy atom. The Labute approximate surface area is 129 Å². The van der Waals surface area contributed by atoms with E-state index in [9.17, 15) is 8.42 Å². The highest BCUT2D eigenvalue weighted by Crippen LogP contribution is 2.19. The van der Waals surface area contributed by atoms with Crippen LogP contribution in [-0.2, 0) is 16.6 Å². The number of aromatic amines is 1. The van der Waals surface area contributed by atoms with E-state index in [-0.39, 0.29) is 11.4 Å². The summed E-state index contributed by atoms with van der Waals surface area (Å²) in [6.07, 6.45) is 1.82. The zero-order chi connectivity index (χ0) is 15.6. The summed E-state index contributed by atoms with van der Waals surface area (Å²) in [5.74, 6) is 0.621. The molecule has 2 aromatic carbocycles. The SMILES string of the molecule is COc1ccc(S(=O)(=O)NCc2c[nH]c3ccccc23)cc1. The van der Waals surface area contributed by atoms with Crippen molar-refractivity contribution in [3.05, 3.63) is 60.3 Å². The third kappa shape index (κ3) is 2.84. The summed E-state index contributed by atoms with van der Waals surface area (Å²) in [6, 6.07) is 14.1. The van der Waals surface area contributed by atoms with Gasteiger partial charge in [-0.05, 0) is 35.9 Å². The van der Waals surface area contributed by atoms with E-state index in [0.29, 0.717) is 5.75 Å². The standard InChI is InChI=1S/C16H16N2O3S/c1-21-13-6-8-14(9-7-13)22(19,20)18-11-12-10-17-16-5-3-2-4-15(12)16/h2-10,17-18H,11H2,1H3. The lowest BCUT2D eigenvalue weighted by atomic mass is 10.2. The number of fused-ring (bicyclic) bond motifs is 1. The predicted molar refractivity (Wildman–Crippen MR) is 85.3 cm³/mol. The molecular weight excluding hydrogens is 300 g/mol. The number of ether oxygens (including phenoxy) is 1. The lowest BCUT2D eigenvalue weighted by Gasteiger charge is -2.07. The maximum absolute atomic E-state index is 12.3. The number of rotatable bonds is 5. The van der Waals surface area contributed by atoms with Crippen LogP contribution in [-0.4, -0.2) is 20.5 Å². The van der Waals surface area contributed by atoms with Gasteiger partial charge in [0.25, 0.3) is 0 Å². The van der Waals surface area contributed by atoms with E-state index in [4.69, 9.17) is 4.74 Å². The lowest BCUT2D eigenvalue weighted by molar-refractivity contribution is 0.414. The Hall–Kier alpha value is -2.31. The molecule has 0 aliphatic heterocycles. The summed E-state index contributed by atoms with van der Waals surface area (Å²) in [5.41, 5.74) is 1.90. The van der Waals surface area contributed by atoms with Gasteiger partial charge in [0.15, 0.2) is 0 Å². The molecule has 0 amide bonds. The zero-order valence-electron chi connectivity index (χ0n) is 12.0. The topological polar surface area (TPSA) is 71.2 Å². The lowest BCUT2D eigenvalue weighted by Crippen LogP contribution is -2.23. The Morgan fingerprint density at radius 2 is 1.82 bits per heavy atom. The molecule has 22 heavy (non-hydrogen) atoms. The Kier molecular flexibility index (Phi) is 3.87. The first-order valence-corrected chi connectivity index (χ1v) is 8.27. The maximum Gasteiger partial charge on any atom is 0.240 e. The molecule has 0 aliphatic rings. The van der Waals surface area contributed by atoms with E-state index >= 15 is 0 Å². The molecule has 1 aromatic heterocycles. The number of benzene rings is 2. The number of nitrogens with one attached hydrogen (secondary N) is 2. The van der Waals surface area contributed by atoms with Crippen LogP contribution in [0.4, 0.5) is 0 Å². The maximum atomic E-state index is 12.3. The molecule has 0 aliphatic carbocycles. The van der Waals surface area contributed by atoms with Crippen LogP contribution in [0.5, 0.6) is 5.75 Å². The highest BCUT2D eigenvalue weighted by Gasteiger charge is 2.14. The molecule has 3 rings (SSSR count). The molecule has 0 unspecified atom stereocenters. The van der Waals surface area contributed by atoms with Crippen LogP contribution in [0.3, 0.4) is 0 Å². The molecule has 5 nitrogen and oxygen atoms in total. The average Bonchev–Trinajstić information content (AvgIpc) is 2.96. The molecule has 0 spiro atoms. The van der Waals surface area contributed by atoms with Crippen LogP contribution in [0.15, 0.2) is 59.6 Å². The van der Waals surface area contributed by atoms with Gasteiger partial charge >= 0.3 is 0 Å². The second-order valence-corrected chi connectivity index (χ2v) is 6.63. The van der Waals surface area contributed by atoms with Gasteiger partial charge in [-0.25, -0.2) is 13.1 Å². The number of hydrogen-bond acceptors (Lipinski definition) is 3. The molecular formula is C16H16N2O3S. The first kappa shape index (κ1) is 14.6. The van der Waals surface area contributed by atoms with Crippen molar-refractivity contribution in [1.82, 2.24) is 9.71 Å². The fourth-order valence-corrected chi connectivity index (χ4v) is 3.30. The van der Waals surface area contributed by atoms with Gasteiger partial charge in [-0.2, -0.15) is 0 Å². The Bertz CT molecular complexity index is 883. The monoisotopic (exact) mass is 316 g/mol. The van der Waals surface area contributed by atoms with Crippen LogP contribution in [0.1, 0.15) is 5.56 Å². The fourth-order valence-electron chi connectivity index (χ4n) is 2.29. The van der Waals surface area contributed by atoms with E-state index in [0.717, 1.165) is 16.5 Å². The summed E-state index contributed by atoms with van der Waals surface area (Å²) in [4.78, 5) is 3.34. The van der Waals surface area contributed by atoms with E-state index in [1.807, 2.05) is 30.5 Å². The molecule has 0 fully saturated rings. The third-order valence-electron chi connectivity index (χ3n) is 3.50. The van der Waals surface area contributed by atoms with Crippen LogP contribution in [0, 0.1) is 0 Å². The molecule has 1 heterocycles. The highest BCUT2D eigenvalue weighted by atomic mass is 32.2. The number of methoxy groups -OCH3 is 1. The van der Waals surface area contributed by atoms with Gasteiger partial charge in [0, 0.05) is 23.6 Å². The largest absolute Gasteiger partial charge is 0.497 e. The molecule has 0 radical (unpaired) electrons. The molecule has 0 saturated carbocycles. The summed E-state index contributed by atoms with van der Waals surface area (Å²) >= 11 is 0. The molecule has 0 bridgehead atoms. The van der Waals surface area contributed by atoms with Gasteiger partial charge in [0.05, 0.1) is 12.0 Å². The van der Waals surface area contributed by atoms with Crippen LogP contribution in [0.2, 0.25) is 0 Å². The summed E-state index contributed by atoms with van der Waals surface area (Å²) in [7, 11) is -2.01. The van der Waals surface area contributed by atoms with Gasteiger partial charge in [-0.15, -0.1) is 0 Å². The molecule has 0 atom stereocenters. The minimum absolute atomic E-state index is 0.216. The van der Waals surface area contributed by atoms with Crippen molar-refractivity contribution in [1.29, 1.82) is 0 Å². The smallest absolute Gasteiger partial charge is 0.240 e. The first-order valence-electron chi connectivity index (χ1n) is 6.79. The number of para-hydroxylation sites is 1. The van der Waals surface area contributed by atoms with Gasteiger partial charge in [0.1, 0.15) is 5.75 Å². The number of aromatic nitrogens is 1. The van der Waals surface area contributed by atoms with Crippen LogP contribution < -0.4 is 9.46 Å². The molecule has 114 valence electrons. The van der Waals surface area contributed by atoms with E-state index in [2.05, 4.69) is 9.71 Å². The van der Waals surface area contributed by atoms with Crippen molar-refractivity contribution in [2.24, 2.45) is 0 Å². The minimum atomic E-state index is -3.55. The molecule has 0 saturated heterocycles. The van der Waals surface area contributed by atoms with Crippen molar-refractivity contribution >= 4 is 20.9 Å². The molecule has 6 heteroatoms. The van der Waals surface area contributed by atoms with Crippen LogP contribution >= 0.6 is 0 Å². The number of hydrogen-bond donors (Lipinski definition) is 2. The number of sulfonamides is 1. The summed E-state index contributed by atoms with van der Waals surface area (Å²) in [5, 5.41) is 1.01. The molecule has 2 N–H and O–H groups in total. The Morgan fingerprint density at radius 3 is 2.55 bits per heavy atom. The molecule has 3 aromatic rings. The van der Waals surface area contributed by atoms with E-state index in [1.165, 1.54) is 12.1 Å². The van der Waals surface area contributed by atoms with Crippen LogP contribution in [0.25, 0.3) is 10.9 Å². The second kappa shape index (κ2) is 5.82. The van der Waals surface area contributed by atoms with Crippen molar-refractivity contribution in [3.8, 4) is 5.75 Å². The second-order valence-electron chi connectivity index (χ2n) is 4.86. The summed E-state index contributed by atoms with van der Waals surface area (Å²) < 4.78 is 32.3. The van der Waals surface area contributed by atoms with E-state index in [1.54, 1.807) is 19.2 Å². The number of H-pyrrole nitrogens is 1.